The predicted octanol–water partition coefficient (Wildman–Crippen LogP) is 3.37. The number of fused-ring (bicyclic) bond motifs is 1. The van der Waals surface area contributed by atoms with Crippen LogP contribution in [0.3, 0.4) is 0 Å². The summed E-state index contributed by atoms with van der Waals surface area (Å²) in [7, 11) is 0. The number of benzene rings is 2. The molecule has 6 heteroatoms. The van der Waals surface area contributed by atoms with Crippen LogP contribution in [0.25, 0.3) is 5.69 Å². The van der Waals surface area contributed by atoms with Crippen LogP contribution in [-0.4, -0.2) is 23.0 Å². The summed E-state index contributed by atoms with van der Waals surface area (Å²) in [5.41, 5.74) is 3.54. The van der Waals surface area contributed by atoms with E-state index in [9.17, 15) is 9.59 Å². The molecule has 1 aliphatic heterocycles. The number of nitrogens with zero attached hydrogens (tertiary/aromatic N) is 1. The Morgan fingerprint density at radius 3 is 2.62 bits per heavy atom. The van der Waals surface area contributed by atoms with Crippen LogP contribution in [0.5, 0.6) is 5.75 Å². The van der Waals surface area contributed by atoms with Crippen LogP contribution in [0.4, 0.5) is 11.4 Å². The van der Waals surface area contributed by atoms with Crippen LogP contribution in [0, 0.1) is 6.92 Å². The molecular formula is C20H17N3O3. The Balaban J connectivity index is 1.58. The number of ether oxygens (including phenoxy) is 1. The van der Waals surface area contributed by atoms with Gasteiger partial charge < -0.3 is 19.9 Å². The lowest BCUT2D eigenvalue weighted by molar-refractivity contribution is -0.118. The molecule has 0 fully saturated rings. The highest BCUT2D eigenvalue weighted by Crippen LogP contribution is 2.37. The Kier molecular flexibility index (Phi) is 3.93. The highest BCUT2D eigenvalue weighted by molar-refractivity contribution is 6.07. The average Bonchev–Trinajstić information content (AvgIpc) is 3.16. The lowest BCUT2D eigenvalue weighted by Crippen LogP contribution is -2.26. The summed E-state index contributed by atoms with van der Waals surface area (Å²) in [6, 6.07) is 14.8. The predicted molar refractivity (Wildman–Crippen MR) is 99.0 cm³/mol. The van der Waals surface area contributed by atoms with Crippen LogP contribution < -0.4 is 15.4 Å². The van der Waals surface area contributed by atoms with Crippen molar-refractivity contribution in [2.24, 2.45) is 0 Å². The summed E-state index contributed by atoms with van der Waals surface area (Å²) >= 11 is 0. The van der Waals surface area contributed by atoms with Gasteiger partial charge in [0.2, 0.25) is 0 Å². The Morgan fingerprint density at radius 1 is 1.15 bits per heavy atom. The van der Waals surface area contributed by atoms with Crippen LogP contribution in [0.2, 0.25) is 0 Å². The van der Waals surface area contributed by atoms with Crippen LogP contribution in [0.1, 0.15) is 15.9 Å². The van der Waals surface area contributed by atoms with E-state index in [0.717, 1.165) is 11.3 Å². The summed E-state index contributed by atoms with van der Waals surface area (Å²) in [4.78, 5) is 24.1. The van der Waals surface area contributed by atoms with E-state index in [2.05, 4.69) is 10.6 Å². The molecule has 2 N–H and O–H groups in total. The van der Waals surface area contributed by atoms with Gasteiger partial charge in [0.25, 0.3) is 11.8 Å². The van der Waals surface area contributed by atoms with Gasteiger partial charge in [-0.3, -0.25) is 9.59 Å². The molecule has 1 aromatic heterocycles. The second kappa shape index (κ2) is 6.40. The van der Waals surface area contributed by atoms with Crippen molar-refractivity contribution < 1.29 is 14.3 Å². The zero-order valence-electron chi connectivity index (χ0n) is 14.2. The number of hydrogen-bond donors (Lipinski definition) is 2. The first-order valence-electron chi connectivity index (χ1n) is 8.22. The third-order valence-corrected chi connectivity index (χ3v) is 4.14. The van der Waals surface area contributed by atoms with Gasteiger partial charge in [-0.1, -0.05) is 0 Å². The molecule has 26 heavy (non-hydrogen) atoms. The largest absolute Gasteiger partial charge is 0.479 e. The number of carbonyl (C=O) groups is 2. The third kappa shape index (κ3) is 3.04. The second-order valence-corrected chi connectivity index (χ2v) is 6.12. The molecule has 6 nitrogen and oxygen atoms in total. The molecule has 4 rings (SSSR count). The van der Waals surface area contributed by atoms with Gasteiger partial charge in [0.15, 0.2) is 12.4 Å². The smallest absolute Gasteiger partial charge is 0.262 e. The monoisotopic (exact) mass is 347 g/mol. The molecule has 1 aliphatic rings. The highest BCUT2D eigenvalue weighted by atomic mass is 16.5. The molecule has 0 unspecified atom stereocenters. The van der Waals surface area contributed by atoms with Crippen molar-refractivity contribution in [2.45, 2.75) is 6.92 Å². The summed E-state index contributed by atoms with van der Waals surface area (Å²) in [6.07, 6.45) is 3.89. The molecule has 2 heterocycles. The summed E-state index contributed by atoms with van der Waals surface area (Å²) in [5, 5.41) is 5.63. The zero-order chi connectivity index (χ0) is 18.1. The SMILES string of the molecule is Cc1cc2c(c(NC(=O)c3ccc(-n4cccc4)cc3)c1)OCC(=O)N2. The average molecular weight is 347 g/mol. The number of carbonyl (C=O) groups excluding carboxylic acids is 2. The van der Waals surface area contributed by atoms with Gasteiger partial charge in [-0.25, -0.2) is 0 Å². The van der Waals surface area contributed by atoms with E-state index in [0.29, 0.717) is 22.7 Å². The molecular weight excluding hydrogens is 330 g/mol. The molecule has 3 aromatic rings. The molecule has 2 aromatic carbocycles. The van der Waals surface area contributed by atoms with Gasteiger partial charge in [0.05, 0.1) is 11.4 Å². The second-order valence-electron chi connectivity index (χ2n) is 6.12. The number of rotatable bonds is 3. The van der Waals surface area contributed by atoms with Crippen molar-refractivity contribution in [2.75, 3.05) is 17.2 Å². The minimum Gasteiger partial charge on any atom is -0.479 e. The van der Waals surface area contributed by atoms with Gasteiger partial charge in [0.1, 0.15) is 0 Å². The fraction of sp³-hybridized carbons (Fsp3) is 0.100. The summed E-state index contributed by atoms with van der Waals surface area (Å²) in [6.45, 7) is 1.83. The van der Waals surface area contributed by atoms with E-state index < -0.39 is 0 Å². The standard InChI is InChI=1S/C20H17N3O3/c1-13-10-16-19(26-12-18(24)21-16)17(11-13)22-20(25)14-4-6-15(7-5-14)23-8-2-3-9-23/h2-11H,12H2,1H3,(H,21,24)(H,22,25). The van der Waals surface area contributed by atoms with E-state index in [-0.39, 0.29) is 18.4 Å². The number of aromatic nitrogens is 1. The number of hydrogen-bond acceptors (Lipinski definition) is 3. The lowest BCUT2D eigenvalue weighted by Gasteiger charge is -2.21. The van der Waals surface area contributed by atoms with Gasteiger partial charge in [-0.05, 0) is 61.0 Å². The Morgan fingerprint density at radius 2 is 1.88 bits per heavy atom. The molecule has 0 saturated carbocycles. The normalized spacial score (nSPS) is 12.7. The lowest BCUT2D eigenvalue weighted by atomic mass is 10.1. The molecule has 0 radical (unpaired) electrons. The Bertz CT molecular complexity index is 976. The first-order valence-corrected chi connectivity index (χ1v) is 8.22. The maximum absolute atomic E-state index is 12.6. The molecule has 0 spiro atoms. The maximum atomic E-state index is 12.6. The van der Waals surface area contributed by atoms with Crippen LogP contribution in [0.15, 0.2) is 60.9 Å². The molecule has 130 valence electrons. The minimum absolute atomic E-state index is 0.0650. The van der Waals surface area contributed by atoms with E-state index >= 15 is 0 Å². The first-order chi connectivity index (χ1) is 12.6. The van der Waals surface area contributed by atoms with Crippen molar-refractivity contribution in [1.29, 1.82) is 0 Å². The Labute approximate surface area is 150 Å². The van der Waals surface area contributed by atoms with Gasteiger partial charge >= 0.3 is 0 Å². The molecule has 0 aliphatic carbocycles. The summed E-state index contributed by atoms with van der Waals surface area (Å²) in [5.74, 6) is 0.0332. The fourth-order valence-corrected chi connectivity index (χ4v) is 2.92. The van der Waals surface area contributed by atoms with E-state index in [4.69, 9.17) is 4.74 Å². The molecule has 0 atom stereocenters. The van der Waals surface area contributed by atoms with Crippen molar-refractivity contribution >= 4 is 23.2 Å². The van der Waals surface area contributed by atoms with Crippen molar-refractivity contribution in [1.82, 2.24) is 4.57 Å². The zero-order valence-corrected chi connectivity index (χ0v) is 14.2. The molecule has 2 amide bonds. The number of nitrogens with one attached hydrogen (secondary N) is 2. The van der Waals surface area contributed by atoms with E-state index in [1.165, 1.54) is 0 Å². The quantitative estimate of drug-likeness (QED) is 0.763. The van der Waals surface area contributed by atoms with Gasteiger partial charge in [-0.2, -0.15) is 0 Å². The van der Waals surface area contributed by atoms with Crippen molar-refractivity contribution in [3.63, 3.8) is 0 Å². The third-order valence-electron chi connectivity index (χ3n) is 4.14. The summed E-state index contributed by atoms with van der Waals surface area (Å²) < 4.78 is 7.46. The number of amides is 2. The number of aryl methyl sites for hydroxylation is 1. The minimum atomic E-state index is -0.239. The van der Waals surface area contributed by atoms with Crippen LogP contribution in [-0.2, 0) is 4.79 Å². The molecule has 0 saturated heterocycles. The van der Waals surface area contributed by atoms with Gasteiger partial charge in [0, 0.05) is 23.6 Å². The van der Waals surface area contributed by atoms with Crippen molar-refractivity contribution in [3.05, 3.63) is 72.1 Å². The topological polar surface area (TPSA) is 72.4 Å². The van der Waals surface area contributed by atoms with E-state index in [1.54, 1.807) is 12.1 Å². The van der Waals surface area contributed by atoms with E-state index in [1.807, 2.05) is 60.3 Å². The van der Waals surface area contributed by atoms with Crippen LogP contribution >= 0.6 is 0 Å². The maximum Gasteiger partial charge on any atom is 0.262 e. The Hall–Kier alpha value is -3.54. The number of anilines is 2. The fourth-order valence-electron chi connectivity index (χ4n) is 2.92. The first kappa shape index (κ1) is 16.0. The van der Waals surface area contributed by atoms with Crippen molar-refractivity contribution in [3.8, 4) is 11.4 Å². The van der Waals surface area contributed by atoms with Gasteiger partial charge in [-0.15, -0.1) is 0 Å². The highest BCUT2D eigenvalue weighted by Gasteiger charge is 2.21. The molecule has 0 bridgehead atoms.